The standard InChI is InChI=1S/C23H17ClFNO/c24-16-8-4-9-17(25)22(16)23-21-15(7-3-10-19(21)27)20-14-6-2-1-5-13(14)11-12-18(20)26-23/h1-2,4-6,8-9,11-12,23,26H,3,7,10H2/t23-/m0/s1. The molecule has 0 spiro atoms. The molecular weight excluding hydrogens is 361 g/mol. The van der Waals surface area contributed by atoms with Crippen molar-refractivity contribution in [3.63, 3.8) is 0 Å². The number of rotatable bonds is 1. The Morgan fingerprint density at radius 3 is 2.70 bits per heavy atom. The number of fused-ring (bicyclic) bond motifs is 4. The number of benzene rings is 3. The van der Waals surface area contributed by atoms with Crippen molar-refractivity contribution in [2.75, 3.05) is 5.32 Å². The van der Waals surface area contributed by atoms with Crippen molar-refractivity contribution in [3.8, 4) is 0 Å². The average Bonchev–Trinajstić information content (AvgIpc) is 2.67. The van der Waals surface area contributed by atoms with Gasteiger partial charge in [0.2, 0.25) is 0 Å². The van der Waals surface area contributed by atoms with Crippen LogP contribution in [0, 0.1) is 5.82 Å². The van der Waals surface area contributed by atoms with Gasteiger partial charge in [-0.15, -0.1) is 0 Å². The van der Waals surface area contributed by atoms with Gasteiger partial charge >= 0.3 is 0 Å². The van der Waals surface area contributed by atoms with Crippen LogP contribution in [0.15, 0.2) is 60.2 Å². The molecule has 0 amide bonds. The van der Waals surface area contributed by atoms with Crippen molar-refractivity contribution in [2.24, 2.45) is 0 Å². The lowest BCUT2D eigenvalue weighted by molar-refractivity contribution is -0.116. The molecule has 2 aliphatic rings. The predicted molar refractivity (Wildman–Crippen MR) is 107 cm³/mol. The number of ketones is 1. The molecular formula is C23H17ClFNO. The maximum absolute atomic E-state index is 14.7. The molecule has 2 nitrogen and oxygen atoms in total. The molecule has 1 atom stereocenters. The molecule has 0 saturated heterocycles. The van der Waals surface area contributed by atoms with Gasteiger partial charge in [0.1, 0.15) is 5.82 Å². The quantitative estimate of drug-likeness (QED) is 0.538. The molecule has 3 aromatic rings. The van der Waals surface area contributed by atoms with Crippen molar-refractivity contribution in [1.82, 2.24) is 0 Å². The Balaban J connectivity index is 1.82. The van der Waals surface area contributed by atoms with Gasteiger partial charge in [-0.25, -0.2) is 4.39 Å². The molecule has 3 aromatic carbocycles. The molecule has 0 saturated carbocycles. The molecule has 1 N–H and O–H groups in total. The second kappa shape index (κ2) is 6.21. The predicted octanol–water partition coefficient (Wildman–Crippen LogP) is 6.31. The van der Waals surface area contributed by atoms with Gasteiger partial charge < -0.3 is 5.32 Å². The molecule has 0 fully saturated rings. The van der Waals surface area contributed by atoms with Crippen LogP contribution < -0.4 is 5.32 Å². The summed E-state index contributed by atoms with van der Waals surface area (Å²) in [6.07, 6.45) is 2.12. The fourth-order valence-corrected chi connectivity index (χ4v) is 4.68. The van der Waals surface area contributed by atoms with Crippen LogP contribution in [0.25, 0.3) is 16.3 Å². The minimum atomic E-state index is -0.560. The van der Waals surface area contributed by atoms with Crippen LogP contribution in [0.2, 0.25) is 5.02 Å². The Hall–Kier alpha value is -2.65. The lowest BCUT2D eigenvalue weighted by atomic mass is 9.76. The maximum Gasteiger partial charge on any atom is 0.161 e. The molecule has 0 radical (unpaired) electrons. The molecule has 0 unspecified atom stereocenters. The summed E-state index contributed by atoms with van der Waals surface area (Å²) in [5.41, 5.74) is 4.03. The van der Waals surface area contributed by atoms with E-state index in [1.807, 2.05) is 18.2 Å². The van der Waals surface area contributed by atoms with E-state index in [-0.39, 0.29) is 5.78 Å². The molecule has 1 heterocycles. The normalized spacial score (nSPS) is 18.9. The third-order valence-electron chi connectivity index (χ3n) is 5.56. The van der Waals surface area contributed by atoms with Gasteiger partial charge in [0, 0.05) is 33.8 Å². The number of nitrogens with one attached hydrogen (secondary N) is 1. The topological polar surface area (TPSA) is 29.1 Å². The van der Waals surface area contributed by atoms with Gasteiger partial charge in [0.05, 0.1) is 6.04 Å². The van der Waals surface area contributed by atoms with Crippen LogP contribution in [0.1, 0.15) is 36.4 Å². The minimum Gasteiger partial charge on any atom is -0.373 e. The number of halogens is 2. The van der Waals surface area contributed by atoms with E-state index in [0.717, 1.165) is 40.4 Å². The van der Waals surface area contributed by atoms with Crippen molar-refractivity contribution >= 4 is 39.4 Å². The molecule has 134 valence electrons. The lowest BCUT2D eigenvalue weighted by Gasteiger charge is -2.35. The molecule has 0 bridgehead atoms. The van der Waals surface area contributed by atoms with Crippen LogP contribution in [0.4, 0.5) is 10.1 Å². The van der Waals surface area contributed by atoms with Crippen LogP contribution in [-0.2, 0) is 4.79 Å². The zero-order valence-electron chi connectivity index (χ0n) is 14.6. The lowest BCUT2D eigenvalue weighted by Crippen LogP contribution is -2.28. The molecule has 4 heteroatoms. The summed E-state index contributed by atoms with van der Waals surface area (Å²) in [6, 6.07) is 16.3. The van der Waals surface area contributed by atoms with Crippen LogP contribution in [0.5, 0.6) is 0 Å². The first-order chi connectivity index (χ1) is 13.1. The van der Waals surface area contributed by atoms with E-state index in [9.17, 15) is 9.18 Å². The van der Waals surface area contributed by atoms with Gasteiger partial charge in [0.15, 0.2) is 5.78 Å². The van der Waals surface area contributed by atoms with Crippen molar-refractivity contribution in [3.05, 3.63) is 82.1 Å². The number of carbonyl (C=O) groups is 1. The Kier molecular flexibility index (Phi) is 3.80. The highest BCUT2D eigenvalue weighted by molar-refractivity contribution is 6.31. The van der Waals surface area contributed by atoms with E-state index in [1.165, 1.54) is 6.07 Å². The van der Waals surface area contributed by atoms with Crippen molar-refractivity contribution < 1.29 is 9.18 Å². The number of hydrogen-bond donors (Lipinski definition) is 1. The number of allylic oxidation sites excluding steroid dienone is 1. The van der Waals surface area contributed by atoms with E-state index in [4.69, 9.17) is 11.6 Å². The second-order valence-electron chi connectivity index (χ2n) is 7.09. The Labute approximate surface area is 161 Å². The summed E-state index contributed by atoms with van der Waals surface area (Å²) in [5, 5.41) is 5.99. The first kappa shape index (κ1) is 16.5. The molecule has 1 aliphatic heterocycles. The first-order valence-corrected chi connectivity index (χ1v) is 9.52. The zero-order valence-corrected chi connectivity index (χ0v) is 15.3. The Bertz CT molecular complexity index is 1110. The SMILES string of the molecule is O=C1CCCC2=C1[C@@H](c1c(F)cccc1Cl)Nc1ccc3ccccc3c12. The Morgan fingerprint density at radius 2 is 1.85 bits per heavy atom. The highest BCUT2D eigenvalue weighted by Crippen LogP contribution is 2.49. The third-order valence-corrected chi connectivity index (χ3v) is 5.89. The van der Waals surface area contributed by atoms with E-state index in [2.05, 4.69) is 23.5 Å². The summed E-state index contributed by atoms with van der Waals surface area (Å²) < 4.78 is 14.7. The van der Waals surface area contributed by atoms with Gasteiger partial charge in [-0.2, -0.15) is 0 Å². The van der Waals surface area contributed by atoms with Crippen LogP contribution in [0.3, 0.4) is 0 Å². The van der Waals surface area contributed by atoms with E-state index < -0.39 is 11.9 Å². The van der Waals surface area contributed by atoms with E-state index >= 15 is 0 Å². The molecule has 0 aromatic heterocycles. The average molecular weight is 378 g/mol. The Morgan fingerprint density at radius 1 is 1.00 bits per heavy atom. The monoisotopic (exact) mass is 377 g/mol. The number of carbonyl (C=O) groups excluding carboxylic acids is 1. The molecule has 27 heavy (non-hydrogen) atoms. The number of anilines is 1. The van der Waals surface area contributed by atoms with Gasteiger partial charge in [-0.3, -0.25) is 4.79 Å². The first-order valence-electron chi connectivity index (χ1n) is 9.14. The van der Waals surface area contributed by atoms with Gasteiger partial charge in [0.25, 0.3) is 0 Å². The molecule has 5 rings (SSSR count). The highest BCUT2D eigenvalue weighted by atomic mass is 35.5. The van der Waals surface area contributed by atoms with Gasteiger partial charge in [-0.1, -0.05) is 48.0 Å². The van der Waals surface area contributed by atoms with Gasteiger partial charge in [-0.05, 0) is 47.4 Å². The highest BCUT2D eigenvalue weighted by Gasteiger charge is 2.36. The van der Waals surface area contributed by atoms with E-state index in [1.54, 1.807) is 12.1 Å². The summed E-state index contributed by atoms with van der Waals surface area (Å²) in [6.45, 7) is 0. The zero-order chi connectivity index (χ0) is 18.5. The fraction of sp³-hybridized carbons (Fsp3) is 0.174. The second-order valence-corrected chi connectivity index (χ2v) is 7.50. The number of Topliss-reactive ketones (excluding diaryl/α,β-unsaturated/α-hetero) is 1. The minimum absolute atomic E-state index is 0.0756. The van der Waals surface area contributed by atoms with Crippen molar-refractivity contribution in [1.29, 1.82) is 0 Å². The molecule has 1 aliphatic carbocycles. The fourth-order valence-electron chi connectivity index (χ4n) is 4.41. The van der Waals surface area contributed by atoms with Crippen LogP contribution >= 0.6 is 11.6 Å². The summed E-state index contributed by atoms with van der Waals surface area (Å²) >= 11 is 6.35. The summed E-state index contributed by atoms with van der Waals surface area (Å²) in [4.78, 5) is 12.9. The third kappa shape index (κ3) is 2.49. The van der Waals surface area contributed by atoms with Crippen LogP contribution in [-0.4, -0.2) is 5.78 Å². The maximum atomic E-state index is 14.7. The largest absolute Gasteiger partial charge is 0.373 e. The number of hydrogen-bond acceptors (Lipinski definition) is 2. The summed E-state index contributed by atoms with van der Waals surface area (Å²) in [7, 11) is 0. The summed E-state index contributed by atoms with van der Waals surface area (Å²) in [5.74, 6) is -0.318. The van der Waals surface area contributed by atoms with Crippen molar-refractivity contribution in [2.45, 2.75) is 25.3 Å². The smallest absolute Gasteiger partial charge is 0.161 e. The van der Waals surface area contributed by atoms with E-state index in [0.29, 0.717) is 22.6 Å².